The van der Waals surface area contributed by atoms with Gasteiger partial charge in [0.25, 0.3) is 5.91 Å². The van der Waals surface area contributed by atoms with Crippen LogP contribution in [-0.4, -0.2) is 51.2 Å². The second-order valence-electron chi connectivity index (χ2n) is 5.30. The fourth-order valence-electron chi connectivity index (χ4n) is 1.76. The number of amides is 2. The maximum atomic E-state index is 12.2. The van der Waals surface area contributed by atoms with Gasteiger partial charge in [-0.3, -0.25) is 9.59 Å². The third-order valence-corrected chi connectivity index (χ3v) is 4.98. The second kappa shape index (κ2) is 8.07. The van der Waals surface area contributed by atoms with Crippen LogP contribution in [0.5, 0.6) is 0 Å². The summed E-state index contributed by atoms with van der Waals surface area (Å²) in [6, 6.07) is 5.00. The summed E-state index contributed by atoms with van der Waals surface area (Å²) in [7, 11) is -0.778. The molecule has 0 aliphatic carbocycles. The van der Waals surface area contributed by atoms with Crippen LogP contribution in [0.2, 0.25) is 0 Å². The Labute approximate surface area is 137 Å². The van der Waals surface area contributed by atoms with Gasteiger partial charge in [-0.05, 0) is 31.5 Å². The summed E-state index contributed by atoms with van der Waals surface area (Å²) in [5.74, 6) is -0.780. The summed E-state index contributed by atoms with van der Waals surface area (Å²) in [6.45, 7) is 4.04. The van der Waals surface area contributed by atoms with Gasteiger partial charge in [-0.1, -0.05) is 13.0 Å². The summed E-state index contributed by atoms with van der Waals surface area (Å²) in [5, 5.41) is 5.24. The zero-order valence-corrected chi connectivity index (χ0v) is 14.6. The average molecular weight is 341 g/mol. The molecule has 23 heavy (non-hydrogen) atoms. The molecule has 0 aliphatic heterocycles. The monoisotopic (exact) mass is 341 g/mol. The third-order valence-electron chi connectivity index (χ3n) is 3.16. The normalized spacial score (nSPS) is 12.7. The first-order chi connectivity index (χ1) is 10.7. The Hall–Kier alpha value is -1.93. The first-order valence-corrected chi connectivity index (χ1v) is 8.75. The number of benzene rings is 1. The van der Waals surface area contributed by atoms with E-state index in [1.165, 1.54) is 38.4 Å². The maximum absolute atomic E-state index is 12.2. The van der Waals surface area contributed by atoms with Gasteiger partial charge < -0.3 is 10.6 Å². The number of sulfonamides is 1. The van der Waals surface area contributed by atoms with Crippen molar-refractivity contribution in [2.75, 3.05) is 20.6 Å². The Morgan fingerprint density at radius 1 is 1.26 bits per heavy atom. The average Bonchev–Trinajstić information content (AvgIpc) is 2.52. The van der Waals surface area contributed by atoms with Crippen molar-refractivity contribution < 1.29 is 18.0 Å². The van der Waals surface area contributed by atoms with Crippen LogP contribution in [-0.2, 0) is 14.8 Å². The molecule has 2 amide bonds. The Kier molecular flexibility index (Phi) is 6.71. The smallest absolute Gasteiger partial charge is 0.251 e. The molecule has 128 valence electrons. The molecule has 0 spiro atoms. The summed E-state index contributed by atoms with van der Waals surface area (Å²) in [5.41, 5.74) is 0.183. The summed E-state index contributed by atoms with van der Waals surface area (Å²) in [6.07, 6.45) is 0.802. The lowest BCUT2D eigenvalue weighted by Gasteiger charge is -2.15. The largest absolute Gasteiger partial charge is 0.354 e. The molecule has 1 atom stereocenters. The van der Waals surface area contributed by atoms with Crippen molar-refractivity contribution in [1.29, 1.82) is 0 Å². The Morgan fingerprint density at radius 2 is 1.91 bits per heavy atom. The van der Waals surface area contributed by atoms with Gasteiger partial charge in [-0.25, -0.2) is 12.7 Å². The molecule has 0 bridgehead atoms. The molecule has 2 N–H and O–H groups in total. The molecule has 0 aromatic heterocycles. The van der Waals surface area contributed by atoms with Crippen LogP contribution in [0.4, 0.5) is 0 Å². The van der Waals surface area contributed by atoms with Crippen molar-refractivity contribution in [2.45, 2.75) is 31.2 Å². The molecule has 0 aliphatic rings. The predicted octanol–water partition coefficient (Wildman–Crippen LogP) is 0.581. The lowest BCUT2D eigenvalue weighted by atomic mass is 10.2. The van der Waals surface area contributed by atoms with E-state index in [1.54, 1.807) is 6.92 Å². The van der Waals surface area contributed by atoms with E-state index in [4.69, 9.17) is 0 Å². The van der Waals surface area contributed by atoms with Crippen LogP contribution in [0.1, 0.15) is 30.6 Å². The fourth-order valence-corrected chi connectivity index (χ4v) is 2.70. The minimum atomic E-state index is -3.62. The maximum Gasteiger partial charge on any atom is 0.251 e. The topological polar surface area (TPSA) is 95.6 Å². The highest BCUT2D eigenvalue weighted by molar-refractivity contribution is 7.89. The van der Waals surface area contributed by atoms with E-state index < -0.39 is 22.0 Å². The zero-order valence-electron chi connectivity index (χ0n) is 13.8. The molecule has 1 unspecified atom stereocenters. The van der Waals surface area contributed by atoms with E-state index in [2.05, 4.69) is 10.6 Å². The number of carbonyl (C=O) groups excluding carboxylic acids is 2. The van der Waals surface area contributed by atoms with Gasteiger partial charge in [0.15, 0.2) is 0 Å². The van der Waals surface area contributed by atoms with Crippen molar-refractivity contribution >= 4 is 21.8 Å². The number of hydrogen-bond acceptors (Lipinski definition) is 4. The van der Waals surface area contributed by atoms with Gasteiger partial charge in [0.05, 0.1) is 4.90 Å². The molecule has 0 fully saturated rings. The molecule has 1 rings (SSSR count). The molecule has 0 saturated heterocycles. The zero-order chi connectivity index (χ0) is 17.6. The molecule has 0 radical (unpaired) electrons. The van der Waals surface area contributed by atoms with E-state index in [9.17, 15) is 18.0 Å². The highest BCUT2D eigenvalue weighted by Gasteiger charge is 2.20. The fraction of sp³-hybridized carbons (Fsp3) is 0.467. The molecule has 0 saturated carbocycles. The number of carbonyl (C=O) groups is 2. The Balaban J connectivity index is 2.88. The number of rotatable bonds is 7. The van der Waals surface area contributed by atoms with Crippen LogP contribution >= 0.6 is 0 Å². The first-order valence-electron chi connectivity index (χ1n) is 7.31. The molecule has 7 nitrogen and oxygen atoms in total. The van der Waals surface area contributed by atoms with Crippen LogP contribution in [0.15, 0.2) is 29.2 Å². The van der Waals surface area contributed by atoms with E-state index in [1.807, 2.05) is 6.92 Å². The molecule has 8 heteroatoms. The molecular formula is C15H23N3O4S. The van der Waals surface area contributed by atoms with Crippen molar-refractivity contribution in [3.8, 4) is 0 Å². The molecule has 0 heterocycles. The third kappa shape index (κ3) is 5.04. The minimum absolute atomic E-state index is 0.0261. The van der Waals surface area contributed by atoms with E-state index >= 15 is 0 Å². The van der Waals surface area contributed by atoms with Gasteiger partial charge >= 0.3 is 0 Å². The van der Waals surface area contributed by atoms with Gasteiger partial charge in [0.2, 0.25) is 15.9 Å². The number of nitrogens with one attached hydrogen (secondary N) is 2. The number of nitrogens with zero attached hydrogens (tertiary/aromatic N) is 1. The second-order valence-corrected chi connectivity index (χ2v) is 7.45. The summed E-state index contributed by atoms with van der Waals surface area (Å²) < 4.78 is 25.2. The van der Waals surface area contributed by atoms with Crippen LogP contribution < -0.4 is 10.6 Å². The quantitative estimate of drug-likeness (QED) is 0.758. The predicted molar refractivity (Wildman–Crippen MR) is 87.5 cm³/mol. The minimum Gasteiger partial charge on any atom is -0.354 e. The molecule has 1 aromatic rings. The van der Waals surface area contributed by atoms with Crippen LogP contribution in [0, 0.1) is 0 Å². The van der Waals surface area contributed by atoms with E-state index in [-0.39, 0.29) is 16.4 Å². The SMILES string of the molecule is CCCNC(=O)C(C)NC(=O)c1cccc(S(=O)(=O)N(C)C)c1. The molecule has 1 aromatic carbocycles. The lowest BCUT2D eigenvalue weighted by Crippen LogP contribution is -2.45. The summed E-state index contributed by atoms with van der Waals surface area (Å²) >= 11 is 0. The van der Waals surface area contributed by atoms with Gasteiger partial charge in [-0.2, -0.15) is 0 Å². The van der Waals surface area contributed by atoms with Crippen LogP contribution in [0.25, 0.3) is 0 Å². The van der Waals surface area contributed by atoms with Crippen LogP contribution in [0.3, 0.4) is 0 Å². The van der Waals surface area contributed by atoms with Gasteiger partial charge in [0, 0.05) is 26.2 Å². The highest BCUT2D eigenvalue weighted by Crippen LogP contribution is 2.14. The lowest BCUT2D eigenvalue weighted by molar-refractivity contribution is -0.122. The standard InChI is InChI=1S/C15H23N3O4S/c1-5-9-16-14(19)11(2)17-15(20)12-7-6-8-13(10-12)23(21,22)18(3)4/h6-8,10-11H,5,9H2,1-4H3,(H,16,19)(H,17,20). The van der Waals surface area contributed by atoms with Crippen molar-refractivity contribution in [3.05, 3.63) is 29.8 Å². The van der Waals surface area contributed by atoms with E-state index in [0.717, 1.165) is 10.7 Å². The van der Waals surface area contributed by atoms with Gasteiger partial charge in [-0.15, -0.1) is 0 Å². The molecular weight excluding hydrogens is 318 g/mol. The Bertz CT molecular complexity index is 671. The van der Waals surface area contributed by atoms with Crippen molar-refractivity contribution in [1.82, 2.24) is 14.9 Å². The van der Waals surface area contributed by atoms with Crippen molar-refractivity contribution in [2.24, 2.45) is 0 Å². The van der Waals surface area contributed by atoms with Gasteiger partial charge in [0.1, 0.15) is 6.04 Å². The summed E-state index contributed by atoms with van der Waals surface area (Å²) in [4.78, 5) is 24.0. The highest BCUT2D eigenvalue weighted by atomic mass is 32.2. The number of hydrogen-bond donors (Lipinski definition) is 2. The van der Waals surface area contributed by atoms with Crippen molar-refractivity contribution in [3.63, 3.8) is 0 Å². The Morgan fingerprint density at radius 3 is 2.48 bits per heavy atom. The first kappa shape index (κ1) is 19.1. The van der Waals surface area contributed by atoms with E-state index in [0.29, 0.717) is 6.54 Å².